The standard InChI is InChI=1S/C32H44F3N3O3/c1-6-7-11-24-19-26(36-20-22-18-23(32(33,34)35)14-15-28(22)40-5)29(25-12-8-9-13-27(25)37(3)4)38(24)30(39)31(2)16-10-17-41-21-31/h8-9,12-15,18,24,26,29,36H,6-7,10-11,16-17,19-21H2,1-5H3. The molecule has 4 atom stereocenters. The predicted octanol–water partition coefficient (Wildman–Crippen LogP) is 6.59. The van der Waals surface area contributed by atoms with Gasteiger partial charge in [0.15, 0.2) is 0 Å². The van der Waals surface area contributed by atoms with Crippen LogP contribution in [0.1, 0.15) is 75.1 Å². The van der Waals surface area contributed by atoms with E-state index in [9.17, 15) is 18.0 Å². The van der Waals surface area contributed by atoms with E-state index in [1.165, 1.54) is 13.2 Å². The van der Waals surface area contributed by atoms with Gasteiger partial charge < -0.3 is 24.6 Å². The van der Waals surface area contributed by atoms with Gasteiger partial charge in [-0.15, -0.1) is 0 Å². The second-order valence-corrected chi connectivity index (χ2v) is 11.9. The number of unbranched alkanes of at least 4 members (excludes halogenated alkanes) is 1. The molecule has 1 amide bonds. The zero-order chi connectivity index (χ0) is 29.8. The molecule has 6 nitrogen and oxygen atoms in total. The van der Waals surface area contributed by atoms with Crippen LogP contribution in [0.25, 0.3) is 0 Å². The van der Waals surface area contributed by atoms with Gasteiger partial charge in [-0.05, 0) is 62.4 Å². The Hall–Kier alpha value is -2.78. The van der Waals surface area contributed by atoms with Crippen molar-refractivity contribution in [1.29, 1.82) is 0 Å². The van der Waals surface area contributed by atoms with Crippen molar-refractivity contribution in [2.45, 2.75) is 83.2 Å². The summed E-state index contributed by atoms with van der Waals surface area (Å²) >= 11 is 0. The molecule has 4 rings (SSSR count). The lowest BCUT2D eigenvalue weighted by Crippen LogP contribution is -2.50. The minimum Gasteiger partial charge on any atom is -0.496 e. The summed E-state index contributed by atoms with van der Waals surface area (Å²) in [6, 6.07) is 11.2. The second kappa shape index (κ2) is 13.0. The third kappa shape index (κ3) is 6.83. The Kier molecular flexibility index (Phi) is 9.90. The number of halogens is 3. The maximum absolute atomic E-state index is 14.5. The minimum atomic E-state index is -4.45. The molecule has 4 unspecified atom stereocenters. The van der Waals surface area contributed by atoms with Gasteiger partial charge in [0, 0.05) is 50.6 Å². The molecule has 1 N–H and O–H groups in total. The number of likely N-dealkylation sites (tertiary alicyclic amines) is 1. The average molecular weight is 576 g/mol. The molecule has 2 saturated heterocycles. The topological polar surface area (TPSA) is 54.0 Å². The number of carbonyl (C=O) groups excluding carboxylic acids is 1. The summed E-state index contributed by atoms with van der Waals surface area (Å²) in [5, 5.41) is 3.58. The third-order valence-corrected chi connectivity index (χ3v) is 8.58. The van der Waals surface area contributed by atoms with E-state index >= 15 is 0 Å². The van der Waals surface area contributed by atoms with Crippen molar-refractivity contribution in [3.8, 4) is 5.75 Å². The van der Waals surface area contributed by atoms with E-state index in [0.717, 1.165) is 55.5 Å². The highest BCUT2D eigenvalue weighted by Crippen LogP contribution is 2.45. The predicted molar refractivity (Wildman–Crippen MR) is 155 cm³/mol. The summed E-state index contributed by atoms with van der Waals surface area (Å²) in [6.07, 6.45) is 0.722. The molecular formula is C32H44F3N3O3. The first-order valence-corrected chi connectivity index (χ1v) is 14.6. The van der Waals surface area contributed by atoms with Crippen molar-refractivity contribution in [3.63, 3.8) is 0 Å². The van der Waals surface area contributed by atoms with Crippen LogP contribution < -0.4 is 15.0 Å². The number of methoxy groups -OCH3 is 1. The van der Waals surface area contributed by atoms with Crippen molar-refractivity contribution < 1.29 is 27.4 Å². The molecule has 9 heteroatoms. The Morgan fingerprint density at radius 3 is 2.61 bits per heavy atom. The van der Waals surface area contributed by atoms with Crippen molar-refractivity contribution in [2.24, 2.45) is 5.41 Å². The minimum absolute atomic E-state index is 0.00215. The first-order valence-electron chi connectivity index (χ1n) is 14.6. The molecule has 0 aromatic heterocycles. The van der Waals surface area contributed by atoms with E-state index in [1.807, 2.05) is 33.2 Å². The number of amides is 1. The van der Waals surface area contributed by atoms with Gasteiger partial charge in [0.05, 0.1) is 30.7 Å². The average Bonchev–Trinajstić information content (AvgIpc) is 3.31. The fourth-order valence-corrected chi connectivity index (χ4v) is 6.40. The molecule has 0 radical (unpaired) electrons. The Labute approximate surface area is 242 Å². The van der Waals surface area contributed by atoms with Gasteiger partial charge in [-0.2, -0.15) is 13.2 Å². The number of para-hydroxylation sites is 1. The fraction of sp³-hybridized carbons (Fsp3) is 0.594. The summed E-state index contributed by atoms with van der Waals surface area (Å²) in [5.74, 6) is 0.494. The zero-order valence-corrected chi connectivity index (χ0v) is 24.9. The maximum atomic E-state index is 14.5. The van der Waals surface area contributed by atoms with E-state index < -0.39 is 17.2 Å². The molecule has 0 bridgehead atoms. The maximum Gasteiger partial charge on any atom is 0.416 e. The number of hydrogen-bond acceptors (Lipinski definition) is 5. The largest absolute Gasteiger partial charge is 0.496 e. The third-order valence-electron chi connectivity index (χ3n) is 8.58. The second-order valence-electron chi connectivity index (χ2n) is 11.9. The normalized spacial score (nSPS) is 24.9. The van der Waals surface area contributed by atoms with Gasteiger partial charge in [0.2, 0.25) is 5.91 Å². The van der Waals surface area contributed by atoms with Crippen LogP contribution in [0.3, 0.4) is 0 Å². The Bertz CT molecular complexity index is 1180. The monoisotopic (exact) mass is 575 g/mol. The van der Waals surface area contributed by atoms with Crippen LogP contribution in [0.4, 0.5) is 18.9 Å². The molecule has 2 aromatic rings. The SMILES string of the molecule is CCCCC1CC(NCc2cc(C(F)(F)F)ccc2OC)C(c2ccccc2N(C)C)N1C(=O)C1(C)CCCOC1. The quantitative estimate of drug-likeness (QED) is 0.347. The summed E-state index contributed by atoms with van der Waals surface area (Å²) < 4.78 is 51.9. The van der Waals surface area contributed by atoms with Crippen molar-refractivity contribution in [3.05, 3.63) is 59.2 Å². The van der Waals surface area contributed by atoms with Crippen molar-refractivity contribution in [1.82, 2.24) is 10.2 Å². The molecule has 226 valence electrons. The number of ether oxygens (including phenoxy) is 2. The number of alkyl halides is 3. The zero-order valence-electron chi connectivity index (χ0n) is 24.9. The number of carbonyl (C=O) groups is 1. The Morgan fingerprint density at radius 1 is 1.22 bits per heavy atom. The van der Waals surface area contributed by atoms with Crippen molar-refractivity contribution >= 4 is 11.6 Å². The van der Waals surface area contributed by atoms with Gasteiger partial charge in [-0.1, -0.05) is 38.0 Å². The number of nitrogens with one attached hydrogen (secondary N) is 1. The van der Waals surface area contributed by atoms with Gasteiger partial charge in [0.25, 0.3) is 0 Å². The highest BCUT2D eigenvalue weighted by Gasteiger charge is 2.50. The molecule has 2 aliphatic heterocycles. The van der Waals surface area contributed by atoms with Crippen molar-refractivity contribution in [2.75, 3.05) is 39.3 Å². The summed E-state index contributed by atoms with van der Waals surface area (Å²) in [6.45, 7) is 5.39. The van der Waals surface area contributed by atoms with E-state index in [2.05, 4.69) is 34.2 Å². The lowest BCUT2D eigenvalue weighted by molar-refractivity contribution is -0.152. The summed E-state index contributed by atoms with van der Waals surface area (Å²) in [7, 11) is 5.44. The number of benzene rings is 2. The molecule has 2 fully saturated rings. The number of hydrogen-bond donors (Lipinski definition) is 1. The molecular weight excluding hydrogens is 531 g/mol. The number of anilines is 1. The number of nitrogens with zero attached hydrogens (tertiary/aromatic N) is 2. The Balaban J connectivity index is 1.75. The van der Waals surface area contributed by atoms with Gasteiger partial charge in [-0.25, -0.2) is 0 Å². The van der Waals surface area contributed by atoms with Gasteiger partial charge in [-0.3, -0.25) is 4.79 Å². The van der Waals surface area contributed by atoms with Crippen LogP contribution >= 0.6 is 0 Å². The summed E-state index contributed by atoms with van der Waals surface area (Å²) in [4.78, 5) is 18.6. The van der Waals surface area contributed by atoms with Crippen LogP contribution in [0.15, 0.2) is 42.5 Å². The molecule has 41 heavy (non-hydrogen) atoms. The fourth-order valence-electron chi connectivity index (χ4n) is 6.40. The van der Waals surface area contributed by atoms with Crippen LogP contribution in [-0.4, -0.2) is 57.3 Å². The first kappa shape index (κ1) is 31.2. The highest BCUT2D eigenvalue weighted by molar-refractivity contribution is 5.84. The van der Waals surface area contributed by atoms with Crippen LogP contribution in [0.2, 0.25) is 0 Å². The highest BCUT2D eigenvalue weighted by atomic mass is 19.4. The first-order chi connectivity index (χ1) is 19.5. The molecule has 0 spiro atoms. The molecule has 2 aliphatic rings. The Morgan fingerprint density at radius 2 is 1.98 bits per heavy atom. The van der Waals surface area contributed by atoms with Gasteiger partial charge >= 0.3 is 6.18 Å². The molecule has 0 aliphatic carbocycles. The lowest BCUT2D eigenvalue weighted by atomic mass is 9.82. The van der Waals surface area contributed by atoms with Crippen LogP contribution in [-0.2, 0) is 22.3 Å². The number of rotatable bonds is 10. The van der Waals surface area contributed by atoms with Crippen LogP contribution in [0, 0.1) is 5.41 Å². The molecule has 2 aromatic carbocycles. The van der Waals surface area contributed by atoms with E-state index in [4.69, 9.17) is 9.47 Å². The van der Waals surface area contributed by atoms with E-state index in [-0.39, 0.29) is 30.6 Å². The molecule has 2 heterocycles. The van der Waals surface area contributed by atoms with Crippen LogP contribution in [0.5, 0.6) is 5.75 Å². The van der Waals surface area contributed by atoms with E-state index in [1.54, 1.807) is 0 Å². The lowest BCUT2D eigenvalue weighted by Gasteiger charge is -2.41. The van der Waals surface area contributed by atoms with Gasteiger partial charge in [0.1, 0.15) is 5.75 Å². The summed E-state index contributed by atoms with van der Waals surface area (Å²) in [5.41, 5.74) is 1.15. The molecule has 0 saturated carbocycles. The smallest absolute Gasteiger partial charge is 0.416 e. The van der Waals surface area contributed by atoms with E-state index in [0.29, 0.717) is 30.9 Å².